The molecule has 3 nitrogen and oxygen atoms in total. The summed E-state index contributed by atoms with van der Waals surface area (Å²) in [5.41, 5.74) is 0. The summed E-state index contributed by atoms with van der Waals surface area (Å²) < 4.78 is 10.9. The molecule has 2 unspecified atom stereocenters. The topological polar surface area (TPSA) is 35.5 Å². The lowest BCUT2D eigenvalue weighted by Crippen LogP contribution is -2.30. The number of Topliss-reactive ketones (excluding diaryl/α,β-unsaturated/α-hetero) is 1. The van der Waals surface area contributed by atoms with Crippen LogP contribution < -0.4 is 0 Å². The first-order valence-corrected chi connectivity index (χ1v) is 10.8. The minimum absolute atomic E-state index is 0.0862. The highest BCUT2D eigenvalue weighted by Crippen LogP contribution is 2.22. The second kappa shape index (κ2) is 7.41. The van der Waals surface area contributed by atoms with Crippen LogP contribution in [0.25, 0.3) is 0 Å². The van der Waals surface area contributed by atoms with Gasteiger partial charge >= 0.3 is 0 Å². The summed E-state index contributed by atoms with van der Waals surface area (Å²) in [5.74, 6) is 0.356. The van der Waals surface area contributed by atoms with Crippen molar-refractivity contribution in [3.63, 3.8) is 0 Å². The van der Waals surface area contributed by atoms with E-state index in [2.05, 4.69) is 19.6 Å². The second-order valence-corrected chi connectivity index (χ2v) is 12.1. The average Bonchev–Trinajstić information content (AvgIpc) is 2.27. The molecule has 0 amide bonds. The summed E-state index contributed by atoms with van der Waals surface area (Å²) >= 11 is 0. The quantitative estimate of drug-likeness (QED) is 0.664. The minimum Gasteiger partial charge on any atom is -0.356 e. The largest absolute Gasteiger partial charge is 0.356 e. The van der Waals surface area contributed by atoms with E-state index in [4.69, 9.17) is 9.47 Å². The van der Waals surface area contributed by atoms with Crippen molar-refractivity contribution in [2.75, 3.05) is 7.11 Å². The lowest BCUT2D eigenvalue weighted by molar-refractivity contribution is -0.182. The van der Waals surface area contributed by atoms with E-state index in [0.717, 1.165) is 32.1 Å². The summed E-state index contributed by atoms with van der Waals surface area (Å²) in [6, 6.07) is 1.24. The van der Waals surface area contributed by atoms with Crippen LogP contribution in [0.15, 0.2) is 0 Å². The minimum atomic E-state index is -0.997. The van der Waals surface area contributed by atoms with Crippen molar-refractivity contribution in [1.82, 2.24) is 0 Å². The van der Waals surface area contributed by atoms with Crippen molar-refractivity contribution in [3.05, 3.63) is 0 Å². The fraction of sp³-hybridized carbons (Fsp3) is 0.929. The predicted octanol–water partition coefficient (Wildman–Crippen LogP) is 3.61. The van der Waals surface area contributed by atoms with Crippen LogP contribution in [0.1, 0.15) is 38.5 Å². The summed E-state index contributed by atoms with van der Waals surface area (Å²) in [5, 5.41) is 0. The van der Waals surface area contributed by atoms with Gasteiger partial charge < -0.3 is 9.47 Å². The maximum atomic E-state index is 11.9. The Morgan fingerprint density at radius 1 is 1.33 bits per heavy atom. The van der Waals surface area contributed by atoms with Crippen molar-refractivity contribution in [1.29, 1.82) is 0 Å². The van der Waals surface area contributed by atoms with Crippen LogP contribution in [0.3, 0.4) is 0 Å². The Morgan fingerprint density at radius 3 is 2.67 bits per heavy atom. The van der Waals surface area contributed by atoms with Gasteiger partial charge in [0.25, 0.3) is 0 Å². The molecule has 0 radical (unpaired) electrons. The van der Waals surface area contributed by atoms with E-state index in [0.29, 0.717) is 12.2 Å². The van der Waals surface area contributed by atoms with Crippen LogP contribution in [0.2, 0.25) is 25.7 Å². The zero-order valence-corrected chi connectivity index (χ0v) is 13.3. The highest BCUT2D eigenvalue weighted by atomic mass is 28.3. The van der Waals surface area contributed by atoms with Gasteiger partial charge in [-0.1, -0.05) is 25.7 Å². The Kier molecular flexibility index (Phi) is 6.53. The molecule has 1 fully saturated rings. The zero-order valence-electron chi connectivity index (χ0n) is 12.3. The molecule has 0 saturated carbocycles. The Bertz CT molecular complexity index is 260. The molecule has 0 aromatic carbocycles. The summed E-state index contributed by atoms with van der Waals surface area (Å²) in [6.45, 7) is 7.06. The fourth-order valence-corrected chi connectivity index (χ4v) is 3.60. The lowest BCUT2D eigenvalue weighted by Gasteiger charge is -2.28. The molecule has 106 valence electrons. The molecule has 1 aliphatic heterocycles. The first kappa shape index (κ1) is 15.9. The molecule has 1 rings (SSSR count). The van der Waals surface area contributed by atoms with E-state index >= 15 is 0 Å². The van der Waals surface area contributed by atoms with Crippen molar-refractivity contribution in [2.24, 2.45) is 0 Å². The maximum absolute atomic E-state index is 11.9. The molecule has 1 aliphatic rings. The van der Waals surface area contributed by atoms with E-state index < -0.39 is 8.07 Å². The number of ketones is 1. The SMILES string of the molecule is COC1CCCC(CC(=O)CCC[Si](C)(C)C)O1. The van der Waals surface area contributed by atoms with Crippen LogP contribution in [-0.2, 0) is 14.3 Å². The molecular formula is C14H28O3Si. The molecule has 0 aromatic rings. The molecule has 0 N–H and O–H groups in total. The standard InChI is InChI=1S/C14H28O3Si/c1-16-14-9-5-8-13(17-14)11-12(15)7-6-10-18(2,3)4/h13-14H,5-11H2,1-4H3. The van der Waals surface area contributed by atoms with Crippen LogP contribution >= 0.6 is 0 Å². The Morgan fingerprint density at radius 2 is 2.06 bits per heavy atom. The van der Waals surface area contributed by atoms with E-state index in [9.17, 15) is 4.79 Å². The summed E-state index contributed by atoms with van der Waals surface area (Å²) in [6.07, 6.45) is 5.39. The van der Waals surface area contributed by atoms with Gasteiger partial charge in [0.2, 0.25) is 0 Å². The van der Waals surface area contributed by atoms with Crippen molar-refractivity contribution >= 4 is 13.9 Å². The third kappa shape index (κ3) is 6.66. The van der Waals surface area contributed by atoms with E-state index in [1.807, 2.05) is 0 Å². The molecule has 0 spiro atoms. The molecule has 0 aliphatic carbocycles. The number of carbonyl (C=O) groups excluding carboxylic acids is 1. The van der Waals surface area contributed by atoms with Crippen LogP contribution in [0, 0.1) is 0 Å². The maximum Gasteiger partial charge on any atom is 0.157 e. The lowest BCUT2D eigenvalue weighted by atomic mass is 10.0. The molecule has 1 heterocycles. The third-order valence-electron chi connectivity index (χ3n) is 3.41. The van der Waals surface area contributed by atoms with Crippen molar-refractivity contribution < 1.29 is 14.3 Å². The van der Waals surface area contributed by atoms with Crippen molar-refractivity contribution in [2.45, 2.75) is 76.6 Å². The first-order chi connectivity index (χ1) is 8.40. The summed E-state index contributed by atoms with van der Waals surface area (Å²) in [7, 11) is 0.673. The number of hydrogen-bond acceptors (Lipinski definition) is 3. The molecule has 0 aromatic heterocycles. The van der Waals surface area contributed by atoms with E-state index in [1.165, 1.54) is 6.04 Å². The van der Waals surface area contributed by atoms with Gasteiger partial charge in [-0.25, -0.2) is 0 Å². The van der Waals surface area contributed by atoms with Gasteiger partial charge in [-0.15, -0.1) is 0 Å². The highest BCUT2D eigenvalue weighted by molar-refractivity contribution is 6.76. The molecule has 18 heavy (non-hydrogen) atoms. The fourth-order valence-electron chi connectivity index (χ4n) is 2.36. The van der Waals surface area contributed by atoms with Crippen LogP contribution in [0.5, 0.6) is 0 Å². The van der Waals surface area contributed by atoms with Crippen LogP contribution in [0.4, 0.5) is 0 Å². The Balaban J connectivity index is 2.19. The number of methoxy groups -OCH3 is 1. The molecule has 2 atom stereocenters. The number of ether oxygens (including phenoxy) is 2. The molecule has 0 bridgehead atoms. The Labute approximate surface area is 112 Å². The van der Waals surface area contributed by atoms with Crippen LogP contribution in [-0.4, -0.2) is 33.4 Å². The van der Waals surface area contributed by atoms with Crippen molar-refractivity contribution in [3.8, 4) is 0 Å². The second-order valence-electron chi connectivity index (χ2n) is 6.51. The number of carbonyl (C=O) groups is 1. The van der Waals surface area contributed by atoms with E-state index in [-0.39, 0.29) is 12.4 Å². The van der Waals surface area contributed by atoms with Gasteiger partial charge in [-0.2, -0.15) is 0 Å². The van der Waals surface area contributed by atoms with E-state index in [1.54, 1.807) is 7.11 Å². The van der Waals surface area contributed by atoms with Gasteiger partial charge in [0.05, 0.1) is 6.10 Å². The Hall–Kier alpha value is -0.193. The normalized spacial score (nSPS) is 25.1. The van der Waals surface area contributed by atoms with Gasteiger partial charge in [-0.3, -0.25) is 4.79 Å². The van der Waals surface area contributed by atoms with Gasteiger partial charge in [0, 0.05) is 28.0 Å². The van der Waals surface area contributed by atoms with Gasteiger partial charge in [0.1, 0.15) is 5.78 Å². The highest BCUT2D eigenvalue weighted by Gasteiger charge is 2.24. The average molecular weight is 272 g/mol. The molecular weight excluding hydrogens is 244 g/mol. The number of hydrogen-bond donors (Lipinski definition) is 0. The third-order valence-corrected chi connectivity index (χ3v) is 5.26. The first-order valence-electron chi connectivity index (χ1n) is 7.10. The number of rotatable bonds is 7. The summed E-state index contributed by atoms with van der Waals surface area (Å²) in [4.78, 5) is 11.9. The van der Waals surface area contributed by atoms with Gasteiger partial charge in [-0.05, 0) is 25.7 Å². The molecule has 4 heteroatoms. The zero-order chi connectivity index (χ0) is 13.6. The predicted molar refractivity (Wildman–Crippen MR) is 76.5 cm³/mol. The smallest absolute Gasteiger partial charge is 0.157 e. The molecule has 1 saturated heterocycles. The monoisotopic (exact) mass is 272 g/mol. The van der Waals surface area contributed by atoms with Gasteiger partial charge in [0.15, 0.2) is 6.29 Å².